The first-order chi connectivity index (χ1) is 13.3. The molecule has 7 heteroatoms. The average Bonchev–Trinajstić information content (AvgIpc) is 3.13. The van der Waals surface area contributed by atoms with Gasteiger partial charge in [-0.2, -0.15) is 0 Å². The maximum Gasteiger partial charge on any atom is 0.190 e. The van der Waals surface area contributed by atoms with Crippen LogP contribution >= 0.6 is 35.3 Å². The highest BCUT2D eigenvalue weighted by molar-refractivity contribution is 14.0. The molecule has 150 valence electrons. The second-order valence-corrected chi connectivity index (χ2v) is 7.46. The minimum Gasteiger partial charge on any atom is -0.396 e. The van der Waals surface area contributed by atoms with Crippen molar-refractivity contribution in [3.05, 3.63) is 65.2 Å². The monoisotopic (exact) mass is 510 g/mol. The van der Waals surface area contributed by atoms with Crippen LogP contribution in [0.5, 0.6) is 0 Å². The highest BCUT2D eigenvalue weighted by atomic mass is 127. The van der Waals surface area contributed by atoms with Crippen LogP contribution in [0.1, 0.15) is 22.9 Å². The van der Waals surface area contributed by atoms with Crippen molar-refractivity contribution in [3.8, 4) is 0 Å². The number of nitrogens with zero attached hydrogens (tertiary/aromatic N) is 2. The molecular formula is C21H27IN4OS. The quantitative estimate of drug-likeness (QED) is 0.187. The van der Waals surface area contributed by atoms with Crippen molar-refractivity contribution in [2.24, 2.45) is 4.99 Å². The van der Waals surface area contributed by atoms with Gasteiger partial charge in [-0.05, 0) is 24.1 Å². The molecule has 0 aliphatic rings. The van der Waals surface area contributed by atoms with E-state index in [1.165, 1.54) is 9.71 Å². The fraction of sp³-hybridized carbons (Fsp3) is 0.333. The van der Waals surface area contributed by atoms with Crippen LogP contribution in [0.25, 0.3) is 10.2 Å². The van der Waals surface area contributed by atoms with E-state index in [2.05, 4.69) is 38.8 Å². The predicted molar refractivity (Wildman–Crippen MR) is 129 cm³/mol. The van der Waals surface area contributed by atoms with Crippen LogP contribution in [-0.2, 0) is 6.42 Å². The number of guanidine groups is 1. The van der Waals surface area contributed by atoms with E-state index < -0.39 is 0 Å². The summed E-state index contributed by atoms with van der Waals surface area (Å²) in [6.45, 7) is 1.56. The zero-order valence-electron chi connectivity index (χ0n) is 16.0. The molecule has 1 atom stereocenters. The number of thiazole rings is 1. The smallest absolute Gasteiger partial charge is 0.190 e. The number of aryl methyl sites for hydroxylation is 1. The van der Waals surface area contributed by atoms with Gasteiger partial charge in [0.1, 0.15) is 0 Å². The van der Waals surface area contributed by atoms with Crippen molar-refractivity contribution in [1.29, 1.82) is 0 Å². The Hall–Kier alpha value is -1.71. The zero-order valence-corrected chi connectivity index (χ0v) is 19.1. The molecule has 0 aliphatic heterocycles. The minimum absolute atomic E-state index is 0. The number of hydrogen-bond donors (Lipinski definition) is 3. The van der Waals surface area contributed by atoms with E-state index in [-0.39, 0.29) is 36.5 Å². The van der Waals surface area contributed by atoms with Gasteiger partial charge in [-0.25, -0.2) is 4.98 Å². The average molecular weight is 510 g/mol. The van der Waals surface area contributed by atoms with Gasteiger partial charge < -0.3 is 15.7 Å². The molecule has 5 nitrogen and oxygen atoms in total. The summed E-state index contributed by atoms with van der Waals surface area (Å²) in [6, 6.07) is 18.3. The van der Waals surface area contributed by atoms with Crippen molar-refractivity contribution < 1.29 is 5.11 Å². The van der Waals surface area contributed by atoms with Crippen LogP contribution in [0.3, 0.4) is 0 Å². The van der Waals surface area contributed by atoms with E-state index in [1.54, 1.807) is 18.4 Å². The highest BCUT2D eigenvalue weighted by Crippen LogP contribution is 2.22. The van der Waals surface area contributed by atoms with Crippen LogP contribution in [0.15, 0.2) is 59.6 Å². The van der Waals surface area contributed by atoms with Gasteiger partial charge in [0.25, 0.3) is 0 Å². The third-order valence-electron chi connectivity index (χ3n) is 4.43. The number of aliphatic hydroxyl groups is 1. The first kappa shape index (κ1) is 22.6. The molecule has 0 amide bonds. The minimum atomic E-state index is 0. The van der Waals surface area contributed by atoms with E-state index in [9.17, 15) is 5.11 Å². The normalized spacial score (nSPS) is 12.4. The summed E-state index contributed by atoms with van der Waals surface area (Å²) in [5.41, 5.74) is 2.21. The molecule has 0 radical (unpaired) electrons. The Balaban J connectivity index is 0.00000280. The Bertz CT molecular complexity index is 836. The lowest BCUT2D eigenvalue weighted by atomic mass is 10.0. The van der Waals surface area contributed by atoms with Crippen molar-refractivity contribution >= 4 is 51.5 Å². The van der Waals surface area contributed by atoms with Crippen molar-refractivity contribution in [1.82, 2.24) is 15.6 Å². The SMILES string of the molecule is CN=C(NCCCc1nc2ccccc2s1)NCC(CO)c1ccccc1.I. The maximum atomic E-state index is 9.66. The van der Waals surface area contributed by atoms with Crippen molar-refractivity contribution in [2.75, 3.05) is 26.7 Å². The number of rotatable bonds is 8. The van der Waals surface area contributed by atoms with Gasteiger partial charge >= 0.3 is 0 Å². The largest absolute Gasteiger partial charge is 0.396 e. The van der Waals surface area contributed by atoms with Gasteiger partial charge in [0.2, 0.25) is 0 Å². The molecule has 0 spiro atoms. The third-order valence-corrected chi connectivity index (χ3v) is 5.53. The molecule has 0 saturated carbocycles. The Morgan fingerprint density at radius 2 is 1.86 bits per heavy atom. The molecule has 0 aliphatic carbocycles. The van der Waals surface area contributed by atoms with Gasteiger partial charge in [-0.3, -0.25) is 4.99 Å². The van der Waals surface area contributed by atoms with Crippen LogP contribution in [0.4, 0.5) is 0 Å². The van der Waals surface area contributed by atoms with Crippen LogP contribution in [0, 0.1) is 0 Å². The van der Waals surface area contributed by atoms with Crippen LogP contribution in [-0.4, -0.2) is 42.8 Å². The molecule has 1 aromatic heterocycles. The number of para-hydroxylation sites is 1. The molecule has 2 aromatic carbocycles. The number of aliphatic imine (C=N–C) groups is 1. The fourth-order valence-electron chi connectivity index (χ4n) is 2.93. The summed E-state index contributed by atoms with van der Waals surface area (Å²) in [5, 5.41) is 17.5. The van der Waals surface area contributed by atoms with Gasteiger partial charge in [-0.1, -0.05) is 42.5 Å². The van der Waals surface area contributed by atoms with E-state index in [0.717, 1.165) is 36.4 Å². The van der Waals surface area contributed by atoms with Crippen LogP contribution < -0.4 is 10.6 Å². The summed E-state index contributed by atoms with van der Waals surface area (Å²) < 4.78 is 1.24. The molecule has 0 fully saturated rings. The lowest BCUT2D eigenvalue weighted by Gasteiger charge is -2.18. The van der Waals surface area contributed by atoms with Gasteiger partial charge in [0, 0.05) is 32.5 Å². The molecule has 1 unspecified atom stereocenters. The first-order valence-corrected chi connectivity index (χ1v) is 10.1. The molecule has 3 N–H and O–H groups in total. The van der Waals surface area contributed by atoms with Crippen molar-refractivity contribution in [2.45, 2.75) is 18.8 Å². The molecule has 0 bridgehead atoms. The Labute approximate surface area is 187 Å². The Kier molecular flexibility index (Phi) is 9.66. The number of benzene rings is 2. The summed E-state index contributed by atoms with van der Waals surface area (Å²) in [7, 11) is 1.76. The topological polar surface area (TPSA) is 69.5 Å². The Morgan fingerprint density at radius 1 is 1.11 bits per heavy atom. The lowest BCUT2D eigenvalue weighted by molar-refractivity contribution is 0.265. The maximum absolute atomic E-state index is 9.66. The summed E-state index contributed by atoms with van der Waals surface area (Å²) in [4.78, 5) is 8.94. The van der Waals surface area contributed by atoms with Crippen molar-refractivity contribution in [3.63, 3.8) is 0 Å². The number of aliphatic hydroxyl groups excluding tert-OH is 1. The standard InChI is InChI=1S/C21H26N4OS.HI/c1-22-21(24-14-17(15-26)16-8-3-2-4-9-16)23-13-7-12-20-25-18-10-5-6-11-19(18)27-20;/h2-6,8-11,17,26H,7,12-15H2,1H3,(H2,22,23,24);1H. The molecule has 3 aromatic rings. The predicted octanol–water partition coefficient (Wildman–Crippen LogP) is 3.79. The van der Waals surface area contributed by atoms with Gasteiger partial charge in [0.05, 0.1) is 21.8 Å². The van der Waals surface area contributed by atoms with Gasteiger partial charge in [-0.15, -0.1) is 35.3 Å². The third kappa shape index (κ3) is 6.42. The van der Waals surface area contributed by atoms with E-state index >= 15 is 0 Å². The molecule has 28 heavy (non-hydrogen) atoms. The number of aromatic nitrogens is 1. The summed E-state index contributed by atoms with van der Waals surface area (Å²) in [6.07, 6.45) is 1.94. The number of hydrogen-bond acceptors (Lipinski definition) is 4. The molecule has 0 saturated heterocycles. The summed E-state index contributed by atoms with van der Waals surface area (Å²) >= 11 is 1.76. The number of fused-ring (bicyclic) bond motifs is 1. The fourth-order valence-corrected chi connectivity index (χ4v) is 3.94. The van der Waals surface area contributed by atoms with E-state index in [4.69, 9.17) is 0 Å². The summed E-state index contributed by atoms with van der Waals surface area (Å²) in [5.74, 6) is 0.807. The first-order valence-electron chi connectivity index (χ1n) is 9.25. The van der Waals surface area contributed by atoms with E-state index in [0.29, 0.717) is 6.54 Å². The lowest BCUT2D eigenvalue weighted by Crippen LogP contribution is -2.40. The van der Waals surface area contributed by atoms with Gasteiger partial charge in [0.15, 0.2) is 5.96 Å². The highest BCUT2D eigenvalue weighted by Gasteiger charge is 2.10. The second-order valence-electron chi connectivity index (χ2n) is 6.35. The molecule has 3 rings (SSSR count). The molecular weight excluding hydrogens is 483 g/mol. The van der Waals surface area contributed by atoms with E-state index in [1.807, 2.05) is 36.4 Å². The Morgan fingerprint density at radius 3 is 2.57 bits per heavy atom. The number of halogens is 1. The van der Waals surface area contributed by atoms with Crippen LogP contribution in [0.2, 0.25) is 0 Å². The number of nitrogens with one attached hydrogen (secondary N) is 2. The second kappa shape index (κ2) is 12.0. The zero-order chi connectivity index (χ0) is 18.9. The molecule has 1 heterocycles.